The number of hydrogen-bond donors (Lipinski definition) is 2. The molecule has 21 heavy (non-hydrogen) atoms. The molecule has 1 aliphatic heterocycles. The molecule has 0 saturated carbocycles. The van der Waals surface area contributed by atoms with Crippen LogP contribution in [0.2, 0.25) is 0 Å². The van der Waals surface area contributed by atoms with Crippen molar-refractivity contribution < 1.29 is 4.79 Å². The van der Waals surface area contributed by atoms with Crippen LogP contribution >= 0.6 is 24.4 Å². The number of thiol groups is 1. The van der Waals surface area contributed by atoms with Gasteiger partial charge >= 0.3 is 0 Å². The van der Waals surface area contributed by atoms with Gasteiger partial charge in [0.25, 0.3) is 5.91 Å². The molecule has 2 heterocycles. The van der Waals surface area contributed by atoms with Gasteiger partial charge in [-0.25, -0.2) is 4.68 Å². The van der Waals surface area contributed by atoms with E-state index in [0.29, 0.717) is 4.91 Å². The van der Waals surface area contributed by atoms with Gasteiger partial charge in [-0.1, -0.05) is 17.8 Å². The van der Waals surface area contributed by atoms with Crippen LogP contribution in [0.15, 0.2) is 35.5 Å². The molecule has 6 heteroatoms. The van der Waals surface area contributed by atoms with Gasteiger partial charge in [-0.3, -0.25) is 4.79 Å². The summed E-state index contributed by atoms with van der Waals surface area (Å²) in [5.74, 6) is -0.0843. The summed E-state index contributed by atoms with van der Waals surface area (Å²) in [6.07, 6.45) is 5.50. The van der Waals surface area contributed by atoms with Crippen molar-refractivity contribution in [3.8, 4) is 5.69 Å². The Kier molecular flexibility index (Phi) is 3.82. The number of carbonyl (C=O) groups is 1. The van der Waals surface area contributed by atoms with Crippen LogP contribution in [0.4, 0.5) is 0 Å². The van der Waals surface area contributed by atoms with E-state index in [2.05, 4.69) is 49.0 Å². The summed E-state index contributed by atoms with van der Waals surface area (Å²) >= 11 is 5.64. The van der Waals surface area contributed by atoms with Crippen molar-refractivity contribution >= 4 is 36.4 Å². The van der Waals surface area contributed by atoms with Crippen LogP contribution < -0.4 is 5.32 Å². The molecular formula is C15H15N3OS2. The molecule has 1 aliphatic rings. The Bertz CT molecular complexity index is 736. The normalized spacial score (nSPS) is 20.0. The molecule has 108 valence electrons. The van der Waals surface area contributed by atoms with Gasteiger partial charge in [-0.05, 0) is 43.2 Å². The zero-order chi connectivity index (χ0) is 15.0. The minimum atomic E-state index is -0.168. The van der Waals surface area contributed by atoms with E-state index in [1.165, 1.54) is 22.9 Å². The summed E-state index contributed by atoms with van der Waals surface area (Å²) < 4.78 is 1.65. The van der Waals surface area contributed by atoms with Gasteiger partial charge in [0.15, 0.2) is 0 Å². The predicted molar refractivity (Wildman–Crippen MR) is 89.5 cm³/mol. The van der Waals surface area contributed by atoms with E-state index in [9.17, 15) is 4.79 Å². The Hall–Kier alpha value is -1.66. The second-order valence-electron chi connectivity index (χ2n) is 4.94. The standard InChI is InChI=1S/C15H15N3OS2/c1-9-3-4-12(5-10(9)2)18-8-11(7-16-18)6-13-14(19)17-15(20)21-13/h3-8,15,20H,1-2H3,(H,17,19)/b13-6-. The molecule has 1 unspecified atom stereocenters. The summed E-state index contributed by atoms with van der Waals surface area (Å²) in [5, 5.41) is 7.09. The Labute approximate surface area is 133 Å². The molecule has 0 spiro atoms. The second kappa shape index (κ2) is 5.61. The van der Waals surface area contributed by atoms with Crippen molar-refractivity contribution in [2.24, 2.45) is 0 Å². The summed E-state index contributed by atoms with van der Waals surface area (Å²) in [6, 6.07) is 6.21. The summed E-state index contributed by atoms with van der Waals surface area (Å²) in [6.45, 7) is 4.17. The highest BCUT2D eigenvalue weighted by Gasteiger charge is 2.24. The molecule has 2 aromatic rings. The number of thioether (sulfide) groups is 1. The lowest BCUT2D eigenvalue weighted by Crippen LogP contribution is -2.19. The van der Waals surface area contributed by atoms with Gasteiger partial charge in [0.05, 0.1) is 16.8 Å². The first-order chi connectivity index (χ1) is 10.0. The first-order valence-corrected chi connectivity index (χ1v) is 7.92. The molecule has 1 fully saturated rings. The highest BCUT2D eigenvalue weighted by atomic mass is 32.2. The van der Waals surface area contributed by atoms with Crippen LogP contribution in [-0.4, -0.2) is 20.4 Å². The van der Waals surface area contributed by atoms with E-state index in [-0.39, 0.29) is 10.6 Å². The topological polar surface area (TPSA) is 46.9 Å². The Balaban J connectivity index is 1.88. The number of amides is 1. The molecule has 4 nitrogen and oxygen atoms in total. The number of nitrogens with one attached hydrogen (secondary N) is 1. The van der Waals surface area contributed by atoms with E-state index >= 15 is 0 Å². The van der Waals surface area contributed by atoms with Crippen molar-refractivity contribution in [2.75, 3.05) is 0 Å². The quantitative estimate of drug-likeness (QED) is 0.661. The molecule has 1 aromatic carbocycles. The zero-order valence-corrected chi connectivity index (χ0v) is 13.4. The number of aryl methyl sites for hydroxylation is 2. The van der Waals surface area contributed by atoms with Gasteiger partial charge in [0.2, 0.25) is 0 Å². The van der Waals surface area contributed by atoms with Gasteiger partial charge < -0.3 is 5.32 Å². The number of benzene rings is 1. The number of rotatable bonds is 2. The fourth-order valence-electron chi connectivity index (χ4n) is 2.06. The van der Waals surface area contributed by atoms with E-state index in [0.717, 1.165) is 11.3 Å². The van der Waals surface area contributed by atoms with E-state index in [1.54, 1.807) is 6.20 Å². The molecular weight excluding hydrogens is 302 g/mol. The number of nitrogens with zero attached hydrogens (tertiary/aromatic N) is 2. The van der Waals surface area contributed by atoms with Crippen LogP contribution in [-0.2, 0) is 4.79 Å². The fraction of sp³-hybridized carbons (Fsp3) is 0.200. The van der Waals surface area contributed by atoms with Crippen LogP contribution in [0.25, 0.3) is 11.8 Å². The molecule has 1 aromatic heterocycles. The maximum Gasteiger partial charge on any atom is 0.259 e. The SMILES string of the molecule is Cc1ccc(-n2cc(/C=C3\SC(S)NC3=O)cn2)cc1C. The first kappa shape index (κ1) is 14.3. The Morgan fingerprint density at radius 3 is 2.86 bits per heavy atom. The third-order valence-electron chi connectivity index (χ3n) is 3.37. The monoisotopic (exact) mass is 317 g/mol. The van der Waals surface area contributed by atoms with Crippen LogP contribution in [0.5, 0.6) is 0 Å². The lowest BCUT2D eigenvalue weighted by Gasteiger charge is -2.04. The maximum atomic E-state index is 11.7. The van der Waals surface area contributed by atoms with Crippen molar-refractivity contribution in [3.05, 3.63) is 52.2 Å². The van der Waals surface area contributed by atoms with Crippen molar-refractivity contribution in [1.82, 2.24) is 15.1 Å². The molecule has 1 amide bonds. The number of carbonyl (C=O) groups excluding carboxylic acids is 1. The highest BCUT2D eigenvalue weighted by molar-refractivity contribution is 8.14. The lowest BCUT2D eigenvalue weighted by atomic mass is 10.1. The van der Waals surface area contributed by atoms with E-state index in [1.807, 2.05) is 23.0 Å². The summed E-state index contributed by atoms with van der Waals surface area (Å²) in [5.41, 5.74) is 4.39. The Morgan fingerprint density at radius 2 is 2.19 bits per heavy atom. The van der Waals surface area contributed by atoms with E-state index in [4.69, 9.17) is 0 Å². The summed E-state index contributed by atoms with van der Waals surface area (Å²) in [7, 11) is 0. The fourth-order valence-corrected chi connectivity index (χ4v) is 3.29. The number of hydrogen-bond acceptors (Lipinski definition) is 4. The van der Waals surface area contributed by atoms with Gasteiger partial charge in [-0.15, -0.1) is 12.6 Å². The lowest BCUT2D eigenvalue weighted by molar-refractivity contribution is -0.116. The Morgan fingerprint density at radius 1 is 1.38 bits per heavy atom. The highest BCUT2D eigenvalue weighted by Crippen LogP contribution is 2.30. The molecule has 1 N–H and O–H groups in total. The molecule has 1 saturated heterocycles. The minimum absolute atomic E-state index is 0.0843. The third-order valence-corrected chi connectivity index (χ3v) is 4.72. The van der Waals surface area contributed by atoms with Crippen LogP contribution in [0.1, 0.15) is 16.7 Å². The van der Waals surface area contributed by atoms with E-state index < -0.39 is 0 Å². The van der Waals surface area contributed by atoms with Gasteiger partial charge in [0, 0.05) is 11.8 Å². The first-order valence-electron chi connectivity index (χ1n) is 6.52. The average Bonchev–Trinajstić information content (AvgIpc) is 3.01. The smallest absolute Gasteiger partial charge is 0.259 e. The molecule has 0 bridgehead atoms. The zero-order valence-electron chi connectivity index (χ0n) is 11.7. The van der Waals surface area contributed by atoms with Crippen molar-refractivity contribution in [1.29, 1.82) is 0 Å². The van der Waals surface area contributed by atoms with Crippen LogP contribution in [0, 0.1) is 13.8 Å². The largest absolute Gasteiger partial charge is 0.331 e. The molecule has 0 aliphatic carbocycles. The van der Waals surface area contributed by atoms with Gasteiger partial charge in [0.1, 0.15) is 4.71 Å². The van der Waals surface area contributed by atoms with Crippen LogP contribution in [0.3, 0.4) is 0 Å². The second-order valence-corrected chi connectivity index (χ2v) is 6.95. The molecule has 0 radical (unpaired) electrons. The number of aromatic nitrogens is 2. The van der Waals surface area contributed by atoms with Crippen molar-refractivity contribution in [3.63, 3.8) is 0 Å². The summed E-state index contributed by atoms with van der Waals surface area (Å²) in [4.78, 5) is 12.3. The van der Waals surface area contributed by atoms with Gasteiger partial charge in [-0.2, -0.15) is 5.10 Å². The third kappa shape index (κ3) is 3.01. The average molecular weight is 317 g/mol. The molecule has 1 atom stereocenters. The minimum Gasteiger partial charge on any atom is -0.331 e. The maximum absolute atomic E-state index is 11.7. The predicted octanol–water partition coefficient (Wildman–Crippen LogP) is 2.91. The molecule has 3 rings (SSSR count). The van der Waals surface area contributed by atoms with Crippen molar-refractivity contribution in [2.45, 2.75) is 18.6 Å².